The van der Waals surface area contributed by atoms with E-state index < -0.39 is 18.0 Å². The summed E-state index contributed by atoms with van der Waals surface area (Å²) >= 11 is 0. The van der Waals surface area contributed by atoms with Crippen molar-refractivity contribution in [3.63, 3.8) is 0 Å². The molecule has 0 aliphatic carbocycles. The van der Waals surface area contributed by atoms with Crippen LogP contribution in [0.1, 0.15) is 39.0 Å². The monoisotopic (exact) mass is 384 g/mol. The van der Waals surface area contributed by atoms with Crippen molar-refractivity contribution in [2.24, 2.45) is 0 Å². The van der Waals surface area contributed by atoms with Crippen molar-refractivity contribution < 1.29 is 28.8 Å². The number of hydrogen-bond acceptors (Lipinski definition) is 7. The van der Waals surface area contributed by atoms with Crippen molar-refractivity contribution >= 4 is 17.9 Å². The summed E-state index contributed by atoms with van der Waals surface area (Å²) in [6.07, 6.45) is 4.49. The van der Waals surface area contributed by atoms with Gasteiger partial charge in [-0.2, -0.15) is 5.06 Å². The largest absolute Gasteiger partial charge is 0.464 e. The number of piperidine rings is 2. The van der Waals surface area contributed by atoms with E-state index in [0.717, 1.165) is 25.8 Å². The zero-order valence-electron chi connectivity index (χ0n) is 15.6. The summed E-state index contributed by atoms with van der Waals surface area (Å²) in [5.74, 6) is -0.856. The van der Waals surface area contributed by atoms with E-state index in [0.29, 0.717) is 26.0 Å². The lowest BCUT2D eigenvalue weighted by Gasteiger charge is -2.29. The molecule has 3 saturated heterocycles. The van der Waals surface area contributed by atoms with Gasteiger partial charge in [0.2, 0.25) is 0 Å². The van der Waals surface area contributed by atoms with Crippen LogP contribution in [0.4, 0.5) is 4.79 Å². The molecular formula is C17H28N4O6. The molecule has 0 unspecified atom stereocenters. The van der Waals surface area contributed by atoms with E-state index in [2.05, 4.69) is 10.8 Å². The average Bonchev–Trinajstić information content (AvgIpc) is 2.91. The molecule has 2 bridgehead atoms. The number of fused-ring (bicyclic) bond motifs is 2. The van der Waals surface area contributed by atoms with E-state index in [1.54, 1.807) is 6.92 Å². The Balaban J connectivity index is 1.45. The fourth-order valence-electron chi connectivity index (χ4n) is 3.74. The van der Waals surface area contributed by atoms with Crippen molar-refractivity contribution in [1.29, 1.82) is 0 Å². The third kappa shape index (κ3) is 4.88. The van der Waals surface area contributed by atoms with Crippen molar-refractivity contribution in [3.8, 4) is 0 Å². The number of nitrogens with zero attached hydrogens (tertiary/aromatic N) is 2. The first-order chi connectivity index (χ1) is 13.1. The number of nitrogens with one attached hydrogen (secondary N) is 2. The summed E-state index contributed by atoms with van der Waals surface area (Å²) in [4.78, 5) is 48.6. The molecule has 0 spiro atoms. The van der Waals surface area contributed by atoms with Gasteiger partial charge < -0.3 is 15.0 Å². The number of hydrogen-bond donors (Lipinski definition) is 2. The van der Waals surface area contributed by atoms with Crippen LogP contribution in [0.15, 0.2) is 0 Å². The maximum atomic E-state index is 12.5. The maximum absolute atomic E-state index is 12.5. The SMILES string of the molecule is CCOC(=O)CON1C(=O)N2C[C@H]1CC[C@@H]2C(=O)NOC[C@@H]1CCCCN1. The van der Waals surface area contributed by atoms with E-state index in [-0.39, 0.29) is 31.2 Å². The van der Waals surface area contributed by atoms with Gasteiger partial charge in [-0.3, -0.25) is 14.5 Å². The Hall–Kier alpha value is -1.91. The van der Waals surface area contributed by atoms with Crippen LogP contribution >= 0.6 is 0 Å². The van der Waals surface area contributed by atoms with Gasteiger partial charge in [-0.15, -0.1) is 0 Å². The van der Waals surface area contributed by atoms with E-state index in [9.17, 15) is 14.4 Å². The Kier molecular flexibility index (Phi) is 6.86. The van der Waals surface area contributed by atoms with Gasteiger partial charge in [-0.05, 0) is 39.2 Å². The molecule has 3 amide bonds. The lowest BCUT2D eigenvalue weighted by atomic mass is 10.0. The maximum Gasteiger partial charge on any atom is 0.345 e. The van der Waals surface area contributed by atoms with Gasteiger partial charge >= 0.3 is 12.0 Å². The second-order valence-electron chi connectivity index (χ2n) is 7.01. The first kappa shape index (κ1) is 19.8. The summed E-state index contributed by atoms with van der Waals surface area (Å²) in [5, 5.41) is 4.53. The van der Waals surface area contributed by atoms with Gasteiger partial charge in [0.05, 0.1) is 19.3 Å². The van der Waals surface area contributed by atoms with Crippen LogP contribution < -0.4 is 10.8 Å². The van der Waals surface area contributed by atoms with Crippen LogP contribution in [0, 0.1) is 0 Å². The second kappa shape index (κ2) is 9.34. The highest BCUT2D eigenvalue weighted by molar-refractivity contribution is 5.88. The number of hydroxylamine groups is 3. The number of amides is 3. The third-order valence-electron chi connectivity index (χ3n) is 5.12. The summed E-state index contributed by atoms with van der Waals surface area (Å²) in [7, 11) is 0. The normalized spacial score (nSPS) is 27.6. The highest BCUT2D eigenvalue weighted by atomic mass is 16.7. The quantitative estimate of drug-likeness (QED) is 0.446. The number of carbonyl (C=O) groups is 3. The van der Waals surface area contributed by atoms with Crippen molar-refractivity contribution in [3.05, 3.63) is 0 Å². The molecule has 3 fully saturated rings. The minimum atomic E-state index is -0.593. The summed E-state index contributed by atoms with van der Waals surface area (Å²) in [6, 6.07) is -0.918. The Labute approximate surface area is 158 Å². The van der Waals surface area contributed by atoms with Crippen LogP contribution in [-0.4, -0.2) is 78.9 Å². The standard InChI is InChI=1S/C17H28N4O6/c1-2-25-15(22)11-27-21-13-6-7-14(20(9-13)17(21)24)16(23)19-26-10-12-5-3-4-8-18-12/h12-14,18H,2-11H2,1H3,(H,19,23)/t12-,13+,14+/m0/s1. The Bertz CT molecular complexity index is 554. The molecule has 0 aromatic carbocycles. The third-order valence-corrected chi connectivity index (χ3v) is 5.12. The summed E-state index contributed by atoms with van der Waals surface area (Å²) in [6.45, 7) is 3.40. The van der Waals surface area contributed by atoms with E-state index in [4.69, 9.17) is 14.4 Å². The zero-order chi connectivity index (χ0) is 19.2. The van der Waals surface area contributed by atoms with Gasteiger partial charge in [-0.25, -0.2) is 15.1 Å². The predicted octanol–water partition coefficient (Wildman–Crippen LogP) is -0.0604. The highest BCUT2D eigenvalue weighted by Gasteiger charge is 2.48. The first-order valence-corrected chi connectivity index (χ1v) is 9.63. The molecule has 2 N–H and O–H groups in total. The van der Waals surface area contributed by atoms with E-state index >= 15 is 0 Å². The number of esters is 1. The highest BCUT2D eigenvalue weighted by Crippen LogP contribution is 2.30. The topological polar surface area (TPSA) is 109 Å². The van der Waals surface area contributed by atoms with Crippen molar-refractivity contribution in [1.82, 2.24) is 20.8 Å². The number of carbonyl (C=O) groups excluding carboxylic acids is 3. The molecule has 3 heterocycles. The van der Waals surface area contributed by atoms with Gasteiger partial charge in [0.15, 0.2) is 6.61 Å². The summed E-state index contributed by atoms with van der Waals surface area (Å²) < 4.78 is 4.80. The van der Waals surface area contributed by atoms with Gasteiger partial charge in [-0.1, -0.05) is 6.42 Å². The Morgan fingerprint density at radius 2 is 2.11 bits per heavy atom. The molecule has 3 aliphatic heterocycles. The number of ether oxygens (including phenoxy) is 1. The molecule has 3 rings (SSSR count). The fraction of sp³-hybridized carbons (Fsp3) is 0.824. The van der Waals surface area contributed by atoms with E-state index in [1.807, 2.05) is 0 Å². The lowest BCUT2D eigenvalue weighted by Crippen LogP contribution is -2.50. The molecular weight excluding hydrogens is 356 g/mol. The van der Waals surface area contributed by atoms with Crippen LogP contribution in [0.2, 0.25) is 0 Å². The van der Waals surface area contributed by atoms with Crippen LogP contribution in [-0.2, 0) is 24.0 Å². The number of urea groups is 1. The minimum absolute atomic E-state index is 0.164. The Morgan fingerprint density at radius 1 is 1.26 bits per heavy atom. The van der Waals surface area contributed by atoms with Crippen LogP contribution in [0.5, 0.6) is 0 Å². The molecule has 152 valence electrons. The minimum Gasteiger partial charge on any atom is -0.464 e. The van der Waals surface area contributed by atoms with E-state index in [1.165, 1.54) is 9.96 Å². The molecule has 3 atom stereocenters. The van der Waals surface area contributed by atoms with Crippen molar-refractivity contribution in [2.45, 2.75) is 57.2 Å². The number of rotatable bonds is 8. The van der Waals surface area contributed by atoms with Crippen LogP contribution in [0.25, 0.3) is 0 Å². The van der Waals surface area contributed by atoms with Crippen LogP contribution in [0.3, 0.4) is 0 Å². The summed E-state index contributed by atoms with van der Waals surface area (Å²) in [5.41, 5.74) is 2.48. The van der Waals surface area contributed by atoms with Gasteiger partial charge in [0.1, 0.15) is 6.04 Å². The smallest absolute Gasteiger partial charge is 0.345 e. The second-order valence-corrected chi connectivity index (χ2v) is 7.01. The molecule has 10 heteroatoms. The van der Waals surface area contributed by atoms with Gasteiger partial charge in [0.25, 0.3) is 5.91 Å². The molecule has 0 aromatic heterocycles. The fourth-order valence-corrected chi connectivity index (χ4v) is 3.74. The van der Waals surface area contributed by atoms with Crippen molar-refractivity contribution in [2.75, 3.05) is 32.9 Å². The molecule has 3 aliphatic rings. The lowest BCUT2D eigenvalue weighted by molar-refractivity contribution is -0.172. The predicted molar refractivity (Wildman–Crippen MR) is 93.1 cm³/mol. The zero-order valence-corrected chi connectivity index (χ0v) is 15.6. The molecule has 0 radical (unpaired) electrons. The molecule has 27 heavy (non-hydrogen) atoms. The molecule has 0 saturated carbocycles. The van der Waals surface area contributed by atoms with Gasteiger partial charge in [0, 0.05) is 12.6 Å². The first-order valence-electron chi connectivity index (χ1n) is 9.63. The average molecular weight is 384 g/mol. The Morgan fingerprint density at radius 3 is 2.85 bits per heavy atom. The molecule has 10 nitrogen and oxygen atoms in total. The molecule has 0 aromatic rings.